The fraction of sp³-hybridized carbons (Fsp3) is 0.440. The first-order chi connectivity index (χ1) is 16.4. The molecular weight excluding hydrogens is 455 g/mol. The fourth-order valence-corrected chi connectivity index (χ4v) is 4.77. The van der Waals surface area contributed by atoms with Crippen LogP contribution in [0.5, 0.6) is 5.75 Å². The van der Waals surface area contributed by atoms with Crippen molar-refractivity contribution < 1.29 is 27.6 Å². The topological polar surface area (TPSA) is 65.8 Å². The lowest BCUT2D eigenvalue weighted by Gasteiger charge is -2.32. The number of fused-ring (bicyclic) bond motifs is 5. The van der Waals surface area contributed by atoms with Gasteiger partial charge < -0.3 is 18.9 Å². The van der Waals surface area contributed by atoms with Gasteiger partial charge in [-0.2, -0.15) is 8.78 Å². The molecule has 2 aliphatic rings. The number of benzene rings is 2. The van der Waals surface area contributed by atoms with Crippen LogP contribution in [0.3, 0.4) is 0 Å². The molecular formula is C25H28BF2N3O4. The predicted molar refractivity (Wildman–Crippen MR) is 129 cm³/mol. The molecule has 3 heterocycles. The highest BCUT2D eigenvalue weighted by Gasteiger charge is 2.51. The van der Waals surface area contributed by atoms with Crippen molar-refractivity contribution in [3.05, 3.63) is 47.8 Å². The molecule has 1 aromatic heterocycles. The summed E-state index contributed by atoms with van der Waals surface area (Å²) >= 11 is 0. The van der Waals surface area contributed by atoms with Crippen LogP contribution in [0, 0.1) is 0 Å². The third-order valence-corrected chi connectivity index (χ3v) is 7.37. The molecule has 1 unspecified atom stereocenters. The Labute approximate surface area is 203 Å². The summed E-state index contributed by atoms with van der Waals surface area (Å²) in [6, 6.07) is 9.90. The number of hydrogen-bond acceptors (Lipinski definition) is 5. The van der Waals surface area contributed by atoms with Gasteiger partial charge in [-0.15, -0.1) is 0 Å². The van der Waals surface area contributed by atoms with Gasteiger partial charge in [-0.05, 0) is 63.8 Å². The number of imidazole rings is 1. The second-order valence-electron chi connectivity index (χ2n) is 10.0. The normalized spacial score (nSPS) is 20.8. The molecule has 1 fully saturated rings. The third-order valence-electron chi connectivity index (χ3n) is 7.37. The van der Waals surface area contributed by atoms with Gasteiger partial charge >= 0.3 is 13.7 Å². The Morgan fingerprint density at radius 3 is 2.46 bits per heavy atom. The predicted octanol–water partition coefficient (Wildman–Crippen LogP) is 4.46. The maximum absolute atomic E-state index is 13.4. The van der Waals surface area contributed by atoms with Crippen LogP contribution in [0.25, 0.3) is 16.7 Å². The van der Waals surface area contributed by atoms with Crippen molar-refractivity contribution in [1.29, 1.82) is 0 Å². The van der Waals surface area contributed by atoms with Gasteiger partial charge in [0.1, 0.15) is 11.5 Å². The lowest BCUT2D eigenvalue weighted by molar-refractivity contribution is -0.0498. The summed E-state index contributed by atoms with van der Waals surface area (Å²) in [6.45, 7) is 6.84. The highest BCUT2D eigenvalue weighted by Crippen LogP contribution is 2.40. The smallest absolute Gasteiger partial charge is 0.433 e. The number of halogens is 2. The van der Waals surface area contributed by atoms with E-state index in [1.54, 1.807) is 28.6 Å². The number of nitrogens with zero attached hydrogens (tertiary/aromatic N) is 3. The van der Waals surface area contributed by atoms with E-state index in [1.165, 1.54) is 6.07 Å². The van der Waals surface area contributed by atoms with Crippen molar-refractivity contribution >= 4 is 29.5 Å². The van der Waals surface area contributed by atoms with Crippen molar-refractivity contribution in [3.8, 4) is 11.4 Å². The Morgan fingerprint density at radius 1 is 1.14 bits per heavy atom. The number of carbonyl (C=O) groups excluding carboxylic acids is 1. The average Bonchev–Trinajstić information content (AvgIpc) is 3.22. The number of amides is 1. The van der Waals surface area contributed by atoms with Crippen molar-refractivity contribution in [2.24, 2.45) is 0 Å². The second-order valence-corrected chi connectivity index (χ2v) is 10.0. The Bertz CT molecular complexity index is 1310. The highest BCUT2D eigenvalue weighted by atomic mass is 19.3. The Morgan fingerprint density at radius 2 is 1.83 bits per heavy atom. The summed E-state index contributed by atoms with van der Waals surface area (Å²) in [7, 11) is 1.09. The molecule has 0 spiro atoms. The van der Waals surface area contributed by atoms with E-state index in [0.717, 1.165) is 5.46 Å². The quantitative estimate of drug-likeness (QED) is 0.513. The molecule has 184 valence electrons. The summed E-state index contributed by atoms with van der Waals surface area (Å²) < 4.78 is 45.8. The number of hydrogen-bond donors (Lipinski definition) is 0. The first-order valence-electron chi connectivity index (χ1n) is 11.7. The summed E-state index contributed by atoms with van der Waals surface area (Å²) in [6.07, 6.45) is 0.592. The Hall–Kier alpha value is -2.98. The van der Waals surface area contributed by atoms with E-state index in [1.807, 2.05) is 52.8 Å². The molecule has 0 radical (unpaired) electrons. The van der Waals surface area contributed by atoms with E-state index in [4.69, 9.17) is 19.0 Å². The number of aromatic nitrogens is 2. The van der Waals surface area contributed by atoms with Crippen molar-refractivity contribution in [2.75, 3.05) is 7.05 Å². The van der Waals surface area contributed by atoms with Crippen molar-refractivity contribution in [2.45, 2.75) is 64.9 Å². The van der Waals surface area contributed by atoms with Gasteiger partial charge in [0, 0.05) is 7.05 Å². The monoisotopic (exact) mass is 483 g/mol. The lowest BCUT2D eigenvalue weighted by Crippen LogP contribution is -2.41. The van der Waals surface area contributed by atoms with E-state index in [0.29, 0.717) is 23.3 Å². The van der Waals surface area contributed by atoms with Gasteiger partial charge in [0.2, 0.25) is 0 Å². The molecule has 1 saturated heterocycles. The number of carbonyl (C=O) groups is 1. The molecule has 10 heteroatoms. The number of rotatable bonds is 4. The summed E-state index contributed by atoms with van der Waals surface area (Å²) in [4.78, 5) is 19.8. The van der Waals surface area contributed by atoms with Crippen LogP contribution in [0.1, 0.15) is 63.3 Å². The zero-order chi connectivity index (χ0) is 25.3. The van der Waals surface area contributed by atoms with E-state index < -0.39 is 24.9 Å². The van der Waals surface area contributed by atoms with Gasteiger partial charge in [0.25, 0.3) is 5.91 Å². The largest absolute Gasteiger partial charge is 0.494 e. The molecule has 1 amide bonds. The van der Waals surface area contributed by atoms with E-state index in [-0.39, 0.29) is 28.9 Å². The van der Waals surface area contributed by atoms with Crippen molar-refractivity contribution in [3.63, 3.8) is 0 Å². The standard InChI is InChI=1S/C25H28BF2N3O4/c1-7-17-21-29-16-12-11-14(26-34-24(2,3)25(4,5)35-26)13-18(16)31(21)20-15(22(32)30(17)6)9-8-10-19(20)33-23(27)28/h8-13,17,23H,7H2,1-6H3. The van der Waals surface area contributed by atoms with Gasteiger partial charge in [0.15, 0.2) is 5.75 Å². The highest BCUT2D eigenvalue weighted by molar-refractivity contribution is 6.62. The molecule has 0 saturated carbocycles. The summed E-state index contributed by atoms with van der Waals surface area (Å²) in [5, 5.41) is 0. The van der Waals surface area contributed by atoms with Crippen LogP contribution in [-0.2, 0) is 9.31 Å². The van der Waals surface area contributed by atoms with E-state index >= 15 is 0 Å². The first-order valence-corrected chi connectivity index (χ1v) is 11.7. The van der Waals surface area contributed by atoms with Crippen molar-refractivity contribution in [1.82, 2.24) is 14.5 Å². The molecule has 2 aliphatic heterocycles. The molecule has 0 aliphatic carbocycles. The summed E-state index contributed by atoms with van der Waals surface area (Å²) in [5.41, 5.74) is 1.57. The maximum Gasteiger partial charge on any atom is 0.494 e. The Balaban J connectivity index is 1.77. The van der Waals surface area contributed by atoms with Crippen LogP contribution < -0.4 is 10.2 Å². The van der Waals surface area contributed by atoms with Crippen LogP contribution in [0.2, 0.25) is 0 Å². The third kappa shape index (κ3) is 3.62. The second kappa shape index (κ2) is 8.03. The molecule has 7 nitrogen and oxygen atoms in total. The van der Waals surface area contributed by atoms with Gasteiger partial charge in [-0.3, -0.25) is 9.36 Å². The van der Waals surface area contributed by atoms with Gasteiger partial charge in [-0.25, -0.2) is 4.98 Å². The summed E-state index contributed by atoms with van der Waals surface area (Å²) in [5.74, 6) is 0.207. The van der Waals surface area contributed by atoms with Crippen LogP contribution >= 0.6 is 0 Å². The molecule has 2 aromatic carbocycles. The lowest BCUT2D eigenvalue weighted by atomic mass is 9.79. The molecule has 0 N–H and O–H groups in total. The molecule has 3 aromatic rings. The minimum Gasteiger partial charge on any atom is -0.433 e. The van der Waals surface area contributed by atoms with Crippen LogP contribution in [0.4, 0.5) is 8.78 Å². The molecule has 35 heavy (non-hydrogen) atoms. The SMILES string of the molecule is CCC1c2nc3ccc(B4OC(C)(C)C(C)(C)O4)cc3n2-c2c(OC(F)F)cccc2C(=O)N1C. The number of para-hydroxylation sites is 1. The van der Waals surface area contributed by atoms with Gasteiger partial charge in [0.05, 0.1) is 33.8 Å². The molecule has 0 bridgehead atoms. The number of alkyl halides is 2. The fourth-order valence-electron chi connectivity index (χ4n) is 4.77. The zero-order valence-corrected chi connectivity index (χ0v) is 20.6. The minimum atomic E-state index is -3.04. The average molecular weight is 483 g/mol. The van der Waals surface area contributed by atoms with E-state index in [9.17, 15) is 13.6 Å². The zero-order valence-electron chi connectivity index (χ0n) is 20.6. The van der Waals surface area contributed by atoms with Crippen LogP contribution in [-0.4, -0.2) is 52.3 Å². The van der Waals surface area contributed by atoms with Gasteiger partial charge in [-0.1, -0.05) is 19.1 Å². The van der Waals surface area contributed by atoms with E-state index in [2.05, 4.69) is 0 Å². The molecule has 5 rings (SSSR count). The number of ether oxygens (including phenoxy) is 1. The Kier molecular flexibility index (Phi) is 5.45. The minimum absolute atomic E-state index is 0.0856. The molecule has 1 atom stereocenters. The maximum atomic E-state index is 13.4. The first kappa shape index (κ1) is 23.8. The van der Waals surface area contributed by atoms with Crippen LogP contribution in [0.15, 0.2) is 36.4 Å².